The first-order valence-corrected chi connectivity index (χ1v) is 2.41. The molecule has 0 aromatic heterocycles. The molecule has 0 heterocycles. The number of halogens is 4. The van der Waals surface area contributed by atoms with Gasteiger partial charge < -0.3 is 21.1 Å². The molecule has 5 N–H and O–H groups in total. The van der Waals surface area contributed by atoms with Gasteiger partial charge in [0.25, 0.3) is 5.97 Å². The molecule has 1 unspecified atom stereocenters. The predicted octanol–water partition coefficient (Wildman–Crippen LogP) is 0.0416. The van der Waals surface area contributed by atoms with Crippen molar-refractivity contribution in [2.75, 3.05) is 0 Å². The molecule has 12 heavy (non-hydrogen) atoms. The van der Waals surface area contributed by atoms with Crippen molar-refractivity contribution < 1.29 is 15.3 Å². The van der Waals surface area contributed by atoms with Crippen LogP contribution in [-0.4, -0.2) is 27.3 Å². The third-order valence-corrected chi connectivity index (χ3v) is 0.937. The third-order valence-electron chi connectivity index (χ3n) is 0.937. The van der Waals surface area contributed by atoms with Gasteiger partial charge in [0.1, 0.15) is 0 Å². The lowest BCUT2D eigenvalue weighted by atomic mass is 10.2. The van der Waals surface area contributed by atoms with Gasteiger partial charge >= 0.3 is 0 Å². The summed E-state index contributed by atoms with van der Waals surface area (Å²) in [4.78, 5) is 0. The van der Waals surface area contributed by atoms with E-state index in [0.29, 0.717) is 6.42 Å². The van der Waals surface area contributed by atoms with Crippen molar-refractivity contribution in [3.8, 4) is 0 Å². The molecule has 0 aliphatic rings. The normalized spacial score (nSPS) is 10.8. The Balaban J connectivity index is -0.0000000408. The highest BCUT2D eigenvalue weighted by Crippen LogP contribution is 2.00. The highest BCUT2D eigenvalue weighted by molar-refractivity contribution is 5.86. The van der Waals surface area contributed by atoms with E-state index in [2.05, 4.69) is 0 Å². The van der Waals surface area contributed by atoms with Crippen LogP contribution in [0, 0.1) is 0 Å². The van der Waals surface area contributed by atoms with Gasteiger partial charge in [0.05, 0.1) is 6.04 Å². The van der Waals surface area contributed by atoms with E-state index in [1.165, 1.54) is 0 Å². The number of rotatable bonds is 2. The number of aliphatic hydroxyl groups is 3. The van der Waals surface area contributed by atoms with Crippen LogP contribution in [0.3, 0.4) is 0 Å². The summed E-state index contributed by atoms with van der Waals surface area (Å²) in [5, 5.41) is 24.8. The summed E-state index contributed by atoms with van der Waals surface area (Å²) in [5.74, 6) is -2.71. The summed E-state index contributed by atoms with van der Waals surface area (Å²) in [5.41, 5.74) is 5.00. The lowest BCUT2D eigenvalue weighted by Crippen LogP contribution is -2.47. The van der Waals surface area contributed by atoms with Crippen molar-refractivity contribution in [3.63, 3.8) is 0 Å². The van der Waals surface area contributed by atoms with Crippen molar-refractivity contribution >= 4 is 49.6 Å². The second-order valence-electron chi connectivity index (χ2n) is 1.70. The van der Waals surface area contributed by atoms with Gasteiger partial charge in [-0.05, 0) is 6.42 Å². The zero-order valence-electron chi connectivity index (χ0n) is 6.34. The van der Waals surface area contributed by atoms with E-state index < -0.39 is 12.0 Å². The topological polar surface area (TPSA) is 86.7 Å². The molecule has 0 saturated heterocycles. The Morgan fingerprint density at radius 2 is 1.33 bits per heavy atom. The van der Waals surface area contributed by atoms with Crippen molar-refractivity contribution in [1.29, 1.82) is 0 Å². The molecule has 0 aromatic rings. The van der Waals surface area contributed by atoms with Gasteiger partial charge in [-0.2, -0.15) is 0 Å². The highest BCUT2D eigenvalue weighted by Gasteiger charge is 2.26. The van der Waals surface area contributed by atoms with Crippen molar-refractivity contribution in [2.45, 2.75) is 25.4 Å². The molecule has 0 bridgehead atoms. The van der Waals surface area contributed by atoms with Crippen LogP contribution < -0.4 is 5.73 Å². The Bertz CT molecular complexity index is 79.2. The minimum atomic E-state index is -2.71. The van der Waals surface area contributed by atoms with Gasteiger partial charge in [0.2, 0.25) is 0 Å². The summed E-state index contributed by atoms with van der Waals surface area (Å²) in [6.07, 6.45) is 0.323. The van der Waals surface area contributed by atoms with Crippen molar-refractivity contribution in [2.24, 2.45) is 5.73 Å². The second kappa shape index (κ2) is 12.0. The lowest BCUT2D eigenvalue weighted by Gasteiger charge is -2.19. The molecule has 4 nitrogen and oxygen atoms in total. The molecule has 0 fully saturated rings. The Morgan fingerprint density at radius 1 is 1.08 bits per heavy atom. The van der Waals surface area contributed by atoms with Crippen LogP contribution in [-0.2, 0) is 0 Å². The molecular formula is C4H15Cl4NO3. The Morgan fingerprint density at radius 3 is 1.33 bits per heavy atom. The van der Waals surface area contributed by atoms with Gasteiger partial charge in [-0.25, -0.2) is 0 Å². The maximum absolute atomic E-state index is 8.27. The molecule has 8 heteroatoms. The van der Waals surface area contributed by atoms with Crippen LogP contribution in [0.15, 0.2) is 0 Å². The van der Waals surface area contributed by atoms with E-state index in [1.807, 2.05) is 0 Å². The van der Waals surface area contributed by atoms with Crippen LogP contribution in [0.25, 0.3) is 0 Å². The molecule has 82 valence electrons. The van der Waals surface area contributed by atoms with E-state index >= 15 is 0 Å². The van der Waals surface area contributed by atoms with E-state index in [1.54, 1.807) is 6.92 Å². The summed E-state index contributed by atoms with van der Waals surface area (Å²) in [6.45, 7) is 1.64. The molecule has 0 aromatic carbocycles. The minimum absolute atomic E-state index is 0. The summed E-state index contributed by atoms with van der Waals surface area (Å²) >= 11 is 0. The summed E-state index contributed by atoms with van der Waals surface area (Å²) in [6, 6.07) is -0.984. The quantitative estimate of drug-likeness (QED) is 0.532. The highest BCUT2D eigenvalue weighted by atomic mass is 35.5. The Labute approximate surface area is 96.2 Å². The second-order valence-corrected chi connectivity index (χ2v) is 1.70. The fourth-order valence-electron chi connectivity index (χ4n) is 0.274. The van der Waals surface area contributed by atoms with E-state index in [4.69, 9.17) is 21.1 Å². The van der Waals surface area contributed by atoms with Crippen LogP contribution in [0.5, 0.6) is 0 Å². The maximum atomic E-state index is 8.27. The smallest absolute Gasteiger partial charge is 0.291 e. The van der Waals surface area contributed by atoms with Crippen LogP contribution in [0.4, 0.5) is 0 Å². The maximum Gasteiger partial charge on any atom is 0.291 e. The fraction of sp³-hybridized carbons (Fsp3) is 1.00. The van der Waals surface area contributed by atoms with Crippen LogP contribution >= 0.6 is 49.6 Å². The van der Waals surface area contributed by atoms with Gasteiger partial charge in [-0.1, -0.05) is 6.92 Å². The SMILES string of the molecule is CCC(N)C(O)(O)O.Cl.Cl.Cl.Cl. The largest absolute Gasteiger partial charge is 0.342 e. The molecule has 0 amide bonds. The van der Waals surface area contributed by atoms with E-state index in [9.17, 15) is 0 Å². The first kappa shape index (κ1) is 29.2. The minimum Gasteiger partial charge on any atom is -0.342 e. The van der Waals surface area contributed by atoms with Crippen LogP contribution in [0.2, 0.25) is 0 Å². The van der Waals surface area contributed by atoms with Crippen LogP contribution in [0.1, 0.15) is 13.3 Å². The molecule has 0 aliphatic heterocycles. The van der Waals surface area contributed by atoms with Gasteiger partial charge in [-0.3, -0.25) is 0 Å². The summed E-state index contributed by atoms with van der Waals surface area (Å²) < 4.78 is 0. The first-order chi connectivity index (χ1) is 3.48. The number of hydrogen-bond donors (Lipinski definition) is 4. The van der Waals surface area contributed by atoms with E-state index in [0.717, 1.165) is 0 Å². The standard InChI is InChI=1S/C4H11NO3.4ClH/c1-2-3(5)4(6,7)8;;;;/h3,6-8H,2,5H2,1H3;4*1H. The molecular weight excluding hydrogens is 252 g/mol. The molecule has 0 saturated carbocycles. The van der Waals surface area contributed by atoms with E-state index in [-0.39, 0.29) is 49.6 Å². The zero-order valence-corrected chi connectivity index (χ0v) is 9.60. The number of hydrogen-bond acceptors (Lipinski definition) is 4. The predicted molar refractivity (Wildman–Crippen MR) is 56.6 cm³/mol. The first-order valence-electron chi connectivity index (χ1n) is 2.41. The molecule has 0 radical (unpaired) electrons. The average molecular weight is 267 g/mol. The number of nitrogens with two attached hydrogens (primary N) is 1. The summed E-state index contributed by atoms with van der Waals surface area (Å²) in [7, 11) is 0. The van der Waals surface area contributed by atoms with Gasteiger partial charge in [-0.15, -0.1) is 49.6 Å². The van der Waals surface area contributed by atoms with Gasteiger partial charge in [0.15, 0.2) is 0 Å². The van der Waals surface area contributed by atoms with Crippen molar-refractivity contribution in [3.05, 3.63) is 0 Å². The molecule has 0 aliphatic carbocycles. The molecule has 1 atom stereocenters. The Hall–Kier alpha value is 1.00. The third kappa shape index (κ3) is 13.6. The molecule has 0 spiro atoms. The lowest BCUT2D eigenvalue weighted by molar-refractivity contribution is -0.322. The molecule has 0 rings (SSSR count). The monoisotopic (exact) mass is 265 g/mol. The van der Waals surface area contributed by atoms with Gasteiger partial charge in [0, 0.05) is 0 Å². The zero-order chi connectivity index (χ0) is 6.78. The van der Waals surface area contributed by atoms with Crippen molar-refractivity contribution in [1.82, 2.24) is 0 Å². The average Bonchev–Trinajstić information content (AvgIpc) is 1.62. The Kier molecular flexibility index (Phi) is 29.2. The fourth-order valence-corrected chi connectivity index (χ4v) is 0.274.